The van der Waals surface area contributed by atoms with E-state index in [4.69, 9.17) is 9.57 Å². The lowest BCUT2D eigenvalue weighted by Gasteiger charge is -2.15. The van der Waals surface area contributed by atoms with Crippen LogP contribution in [0.4, 0.5) is 15.3 Å². The molecule has 1 aromatic heterocycles. The lowest BCUT2D eigenvalue weighted by Crippen LogP contribution is -2.24. The monoisotopic (exact) mass is 409 g/mol. The molecular formula is C21H19N3O6. The number of anilines is 1. The molecule has 0 spiro atoms. The Morgan fingerprint density at radius 1 is 1.00 bits per heavy atom. The van der Waals surface area contributed by atoms with Gasteiger partial charge in [-0.25, -0.2) is 9.59 Å². The molecule has 3 aromatic rings. The maximum absolute atomic E-state index is 12.1. The van der Waals surface area contributed by atoms with E-state index < -0.39 is 17.9 Å². The molecule has 2 aromatic carbocycles. The van der Waals surface area contributed by atoms with Crippen molar-refractivity contribution in [3.63, 3.8) is 0 Å². The summed E-state index contributed by atoms with van der Waals surface area (Å²) >= 11 is 0. The average Bonchev–Trinajstić information content (AvgIpc) is 3.23. The number of carbonyl (C=O) groups excluding carboxylic acids is 2. The predicted molar refractivity (Wildman–Crippen MR) is 107 cm³/mol. The number of fused-ring (bicyclic) bond motifs is 3. The fraction of sp³-hybridized carbons (Fsp3) is 0.143. The second-order valence-electron chi connectivity index (χ2n) is 6.64. The first-order chi connectivity index (χ1) is 14.5. The van der Waals surface area contributed by atoms with Crippen molar-refractivity contribution in [1.82, 2.24) is 10.0 Å². The minimum atomic E-state index is -1.08. The maximum Gasteiger partial charge on any atom is 0.534 e. The molecule has 0 saturated carbocycles. The molecule has 1 aliphatic rings. The molecule has 0 fully saturated rings. The van der Waals surface area contributed by atoms with Gasteiger partial charge in [-0.1, -0.05) is 30.3 Å². The minimum absolute atomic E-state index is 0.0327. The van der Waals surface area contributed by atoms with Crippen LogP contribution in [0, 0.1) is 0 Å². The van der Waals surface area contributed by atoms with Crippen molar-refractivity contribution < 1.29 is 29.4 Å². The highest BCUT2D eigenvalue weighted by atomic mass is 16.8. The van der Waals surface area contributed by atoms with Gasteiger partial charge < -0.3 is 25.6 Å². The van der Waals surface area contributed by atoms with Gasteiger partial charge in [-0.05, 0) is 34.4 Å². The molecule has 0 saturated heterocycles. The fourth-order valence-electron chi connectivity index (χ4n) is 3.51. The molecule has 2 amide bonds. The first-order valence-electron chi connectivity index (χ1n) is 9.14. The van der Waals surface area contributed by atoms with Crippen LogP contribution in [0.1, 0.15) is 17.0 Å². The first-order valence-corrected chi connectivity index (χ1v) is 9.14. The van der Waals surface area contributed by atoms with Gasteiger partial charge in [0.1, 0.15) is 6.61 Å². The number of ether oxygens (including phenoxy) is 1. The SMILES string of the molecule is CNC(=O)Nc1ccc2c(c1)C(COC(=O)On1c(O)ccc1O)c1ccccc1-2. The Balaban J connectivity index is 1.56. The Bertz CT molecular complexity index is 1100. The molecule has 9 nitrogen and oxygen atoms in total. The summed E-state index contributed by atoms with van der Waals surface area (Å²) in [7, 11) is 1.53. The lowest BCUT2D eigenvalue weighted by atomic mass is 9.97. The van der Waals surface area contributed by atoms with Crippen LogP contribution in [-0.4, -0.2) is 40.8 Å². The first kappa shape index (κ1) is 19.2. The standard InChI is InChI=1S/C21H19N3O6/c1-22-20(27)23-12-6-7-15-13-4-2-3-5-14(13)17(16(15)10-12)11-29-21(28)30-24-18(25)8-9-19(24)26/h2-10,17,25-26H,11H2,1H3,(H2,22,23,27). The third-order valence-electron chi connectivity index (χ3n) is 4.87. The predicted octanol–water partition coefficient (Wildman–Crippen LogP) is 3.03. The van der Waals surface area contributed by atoms with E-state index in [1.165, 1.54) is 19.2 Å². The van der Waals surface area contributed by atoms with Crippen LogP contribution in [0.15, 0.2) is 54.6 Å². The van der Waals surface area contributed by atoms with E-state index in [1.807, 2.05) is 36.4 Å². The summed E-state index contributed by atoms with van der Waals surface area (Å²) in [6, 6.07) is 15.3. The van der Waals surface area contributed by atoms with E-state index in [0.29, 0.717) is 10.4 Å². The summed E-state index contributed by atoms with van der Waals surface area (Å²) in [5.41, 5.74) is 4.47. The van der Waals surface area contributed by atoms with Crippen molar-refractivity contribution in [2.24, 2.45) is 0 Å². The van der Waals surface area contributed by atoms with Crippen LogP contribution < -0.4 is 15.5 Å². The van der Waals surface area contributed by atoms with Crippen LogP contribution in [0.3, 0.4) is 0 Å². The molecule has 4 N–H and O–H groups in total. The number of carbonyl (C=O) groups is 2. The Labute approximate surface area is 171 Å². The highest BCUT2D eigenvalue weighted by Gasteiger charge is 2.30. The van der Waals surface area contributed by atoms with Gasteiger partial charge in [0.15, 0.2) is 0 Å². The van der Waals surface area contributed by atoms with Gasteiger partial charge in [0.2, 0.25) is 11.8 Å². The molecule has 0 radical (unpaired) electrons. The molecule has 0 aliphatic heterocycles. The maximum atomic E-state index is 12.1. The molecule has 30 heavy (non-hydrogen) atoms. The van der Waals surface area contributed by atoms with E-state index in [9.17, 15) is 19.8 Å². The number of nitrogens with zero attached hydrogens (tertiary/aromatic N) is 1. The van der Waals surface area contributed by atoms with E-state index in [0.717, 1.165) is 22.3 Å². The number of rotatable bonds is 4. The second-order valence-corrected chi connectivity index (χ2v) is 6.64. The number of hydrogen-bond donors (Lipinski definition) is 4. The van der Waals surface area contributed by atoms with Gasteiger partial charge in [-0.15, -0.1) is 4.73 Å². The van der Waals surface area contributed by atoms with Crippen molar-refractivity contribution >= 4 is 17.9 Å². The zero-order chi connectivity index (χ0) is 21.3. The molecule has 1 unspecified atom stereocenters. The van der Waals surface area contributed by atoms with E-state index in [1.54, 1.807) is 6.07 Å². The molecular weight excluding hydrogens is 390 g/mol. The summed E-state index contributed by atoms with van der Waals surface area (Å²) in [4.78, 5) is 28.6. The fourth-order valence-corrected chi connectivity index (χ4v) is 3.51. The highest BCUT2D eigenvalue weighted by molar-refractivity contribution is 5.90. The smallest absolute Gasteiger partial charge is 0.492 e. The minimum Gasteiger partial charge on any atom is -0.492 e. The summed E-state index contributed by atoms with van der Waals surface area (Å²) in [6.07, 6.45) is -1.08. The molecule has 1 heterocycles. The molecule has 0 bridgehead atoms. The normalized spacial score (nSPS) is 13.8. The van der Waals surface area contributed by atoms with Gasteiger partial charge >= 0.3 is 12.2 Å². The lowest BCUT2D eigenvalue weighted by molar-refractivity contribution is 0.0341. The van der Waals surface area contributed by atoms with Crippen LogP contribution in [0.5, 0.6) is 11.8 Å². The van der Waals surface area contributed by atoms with Crippen molar-refractivity contribution in [2.45, 2.75) is 5.92 Å². The third kappa shape index (κ3) is 3.48. The second kappa shape index (κ2) is 7.70. The molecule has 154 valence electrons. The summed E-state index contributed by atoms with van der Waals surface area (Å²) in [5.74, 6) is -1.15. The van der Waals surface area contributed by atoms with Gasteiger partial charge in [-0.2, -0.15) is 0 Å². The van der Waals surface area contributed by atoms with Crippen LogP contribution in [0.2, 0.25) is 0 Å². The Morgan fingerprint density at radius 2 is 1.70 bits per heavy atom. The third-order valence-corrected chi connectivity index (χ3v) is 4.87. The Hall–Kier alpha value is -4.14. The van der Waals surface area contributed by atoms with Crippen molar-refractivity contribution in [3.05, 3.63) is 65.7 Å². The van der Waals surface area contributed by atoms with E-state index >= 15 is 0 Å². The topological polar surface area (TPSA) is 122 Å². The average molecular weight is 409 g/mol. The van der Waals surface area contributed by atoms with Crippen molar-refractivity contribution in [1.29, 1.82) is 0 Å². The van der Waals surface area contributed by atoms with Gasteiger partial charge in [-0.3, -0.25) is 4.84 Å². The van der Waals surface area contributed by atoms with Gasteiger partial charge in [0.25, 0.3) is 0 Å². The van der Waals surface area contributed by atoms with Crippen LogP contribution in [-0.2, 0) is 4.74 Å². The van der Waals surface area contributed by atoms with E-state index in [-0.39, 0.29) is 18.6 Å². The number of nitrogens with one attached hydrogen (secondary N) is 2. The number of aromatic nitrogens is 1. The number of benzene rings is 2. The Kier molecular flexibility index (Phi) is 4.93. The number of urea groups is 1. The zero-order valence-electron chi connectivity index (χ0n) is 16.0. The highest BCUT2D eigenvalue weighted by Crippen LogP contribution is 2.45. The summed E-state index contributed by atoms with van der Waals surface area (Å²) in [6.45, 7) is -0.0327. The van der Waals surface area contributed by atoms with Crippen LogP contribution >= 0.6 is 0 Å². The van der Waals surface area contributed by atoms with E-state index in [2.05, 4.69) is 10.6 Å². The summed E-state index contributed by atoms with van der Waals surface area (Å²) in [5, 5.41) is 24.4. The number of aromatic hydroxyl groups is 2. The Morgan fingerprint density at radius 3 is 2.43 bits per heavy atom. The molecule has 4 rings (SSSR count). The number of amides is 2. The van der Waals surface area contributed by atoms with Crippen molar-refractivity contribution in [3.8, 4) is 22.9 Å². The zero-order valence-corrected chi connectivity index (χ0v) is 16.0. The molecule has 1 aliphatic carbocycles. The largest absolute Gasteiger partial charge is 0.534 e. The van der Waals surface area contributed by atoms with Crippen molar-refractivity contribution in [2.75, 3.05) is 19.0 Å². The van der Waals surface area contributed by atoms with Gasteiger partial charge in [0.05, 0.1) is 0 Å². The quantitative estimate of drug-likeness (QED) is 0.492. The molecule has 1 atom stereocenters. The number of hydrogen-bond acceptors (Lipinski definition) is 6. The van der Waals surface area contributed by atoms with Crippen LogP contribution in [0.25, 0.3) is 11.1 Å². The summed E-state index contributed by atoms with van der Waals surface area (Å²) < 4.78 is 5.82. The van der Waals surface area contributed by atoms with Gasteiger partial charge in [0, 0.05) is 30.8 Å². The molecule has 9 heteroatoms.